The Morgan fingerprint density at radius 3 is 2.67 bits per heavy atom. The maximum atomic E-state index is 12.0. The van der Waals surface area contributed by atoms with Crippen molar-refractivity contribution in [3.63, 3.8) is 0 Å². The van der Waals surface area contributed by atoms with Crippen molar-refractivity contribution in [3.05, 3.63) is 23.2 Å². The predicted molar refractivity (Wildman–Crippen MR) is 70.0 cm³/mol. The lowest BCUT2D eigenvalue weighted by Crippen LogP contribution is -2.47. The summed E-state index contributed by atoms with van der Waals surface area (Å²) in [5.41, 5.74) is 5.90. The Balaban J connectivity index is 2.09. The van der Waals surface area contributed by atoms with Gasteiger partial charge in [-0.25, -0.2) is 13.1 Å². The molecule has 0 unspecified atom stereocenters. The molecule has 0 radical (unpaired) electrons. The van der Waals surface area contributed by atoms with Gasteiger partial charge in [-0.05, 0) is 31.0 Å². The Morgan fingerprint density at radius 2 is 2.11 bits per heavy atom. The van der Waals surface area contributed by atoms with Crippen LogP contribution >= 0.6 is 11.6 Å². The third-order valence-corrected chi connectivity index (χ3v) is 4.88. The van der Waals surface area contributed by atoms with Gasteiger partial charge in [0, 0.05) is 13.2 Å². The van der Waals surface area contributed by atoms with E-state index in [0.717, 1.165) is 0 Å². The molecule has 0 aliphatic heterocycles. The molecule has 1 aliphatic carbocycles. The average molecular weight is 291 g/mol. The van der Waals surface area contributed by atoms with E-state index in [-0.39, 0.29) is 22.1 Å². The summed E-state index contributed by atoms with van der Waals surface area (Å²) in [6.07, 6.45) is 1.53. The number of hydrogen-bond acceptors (Lipinski definition) is 4. The fourth-order valence-electron chi connectivity index (χ4n) is 1.82. The molecule has 100 valence electrons. The summed E-state index contributed by atoms with van der Waals surface area (Å²) in [5.74, 6) is 0. The topological polar surface area (TPSA) is 81.4 Å². The number of anilines is 1. The zero-order valence-corrected chi connectivity index (χ0v) is 11.5. The lowest BCUT2D eigenvalue weighted by molar-refractivity contribution is 0.0236. The van der Waals surface area contributed by atoms with Gasteiger partial charge < -0.3 is 10.5 Å². The molecule has 0 saturated heterocycles. The minimum atomic E-state index is -3.54. The molecule has 1 saturated carbocycles. The van der Waals surface area contributed by atoms with E-state index in [2.05, 4.69) is 4.72 Å². The van der Waals surface area contributed by atoms with Crippen LogP contribution in [0.3, 0.4) is 0 Å². The van der Waals surface area contributed by atoms with Gasteiger partial charge in [-0.1, -0.05) is 11.6 Å². The van der Waals surface area contributed by atoms with Crippen LogP contribution in [0.4, 0.5) is 5.69 Å². The molecule has 7 heteroatoms. The third kappa shape index (κ3) is 2.77. The number of nitrogen functional groups attached to an aromatic ring is 1. The molecule has 18 heavy (non-hydrogen) atoms. The predicted octanol–water partition coefficient (Wildman–Crippen LogP) is 1.38. The van der Waals surface area contributed by atoms with Crippen LogP contribution in [0.25, 0.3) is 0 Å². The second-order valence-electron chi connectivity index (χ2n) is 4.33. The monoisotopic (exact) mass is 290 g/mol. The van der Waals surface area contributed by atoms with Crippen LogP contribution < -0.4 is 10.5 Å². The largest absolute Gasteiger partial charge is 0.398 e. The molecule has 1 aromatic rings. The fraction of sp³-hybridized carbons (Fsp3) is 0.455. The van der Waals surface area contributed by atoms with Gasteiger partial charge in [0.2, 0.25) is 10.0 Å². The molecule has 0 bridgehead atoms. The second kappa shape index (κ2) is 5.05. The van der Waals surface area contributed by atoms with Crippen molar-refractivity contribution in [1.82, 2.24) is 4.72 Å². The van der Waals surface area contributed by atoms with Gasteiger partial charge in [0.1, 0.15) is 0 Å². The van der Waals surface area contributed by atoms with Crippen molar-refractivity contribution >= 4 is 27.3 Å². The van der Waals surface area contributed by atoms with Gasteiger partial charge in [0.05, 0.1) is 21.7 Å². The number of benzene rings is 1. The van der Waals surface area contributed by atoms with Crippen molar-refractivity contribution in [1.29, 1.82) is 0 Å². The van der Waals surface area contributed by atoms with Gasteiger partial charge in [-0.2, -0.15) is 0 Å². The molecule has 2 rings (SSSR count). The minimum absolute atomic E-state index is 0.0729. The van der Waals surface area contributed by atoms with Gasteiger partial charge in [-0.15, -0.1) is 0 Å². The molecule has 3 N–H and O–H groups in total. The highest BCUT2D eigenvalue weighted by Crippen LogP contribution is 2.26. The highest BCUT2D eigenvalue weighted by atomic mass is 35.5. The van der Waals surface area contributed by atoms with Crippen molar-refractivity contribution in [2.45, 2.75) is 29.9 Å². The fourth-order valence-corrected chi connectivity index (χ4v) is 3.35. The number of halogens is 1. The zero-order chi connectivity index (χ0) is 13.3. The van der Waals surface area contributed by atoms with Crippen molar-refractivity contribution in [3.8, 4) is 0 Å². The summed E-state index contributed by atoms with van der Waals surface area (Å²) in [7, 11) is -1.92. The van der Waals surface area contributed by atoms with Crippen LogP contribution in [0, 0.1) is 0 Å². The van der Waals surface area contributed by atoms with Crippen molar-refractivity contribution in [2.75, 3.05) is 12.8 Å². The van der Waals surface area contributed by atoms with Gasteiger partial charge in [-0.3, -0.25) is 0 Å². The number of sulfonamides is 1. The van der Waals surface area contributed by atoms with Crippen LogP contribution in [0.1, 0.15) is 12.8 Å². The van der Waals surface area contributed by atoms with Crippen LogP contribution in [-0.2, 0) is 14.8 Å². The minimum Gasteiger partial charge on any atom is -0.398 e. The Labute approximate surface area is 111 Å². The Kier molecular flexibility index (Phi) is 3.82. The maximum absolute atomic E-state index is 12.0. The normalized spacial score (nSPS) is 23.7. The first-order valence-corrected chi connectivity index (χ1v) is 7.38. The molecule has 1 aliphatic rings. The van der Waals surface area contributed by atoms with Crippen LogP contribution in [0.15, 0.2) is 23.1 Å². The Morgan fingerprint density at radius 1 is 1.44 bits per heavy atom. The SMILES string of the molecule is COC1CC(NS(=O)(=O)c2ccc(N)c(Cl)c2)C1. The number of hydrogen-bond donors (Lipinski definition) is 2. The maximum Gasteiger partial charge on any atom is 0.240 e. The van der Waals surface area contributed by atoms with Crippen LogP contribution in [0.5, 0.6) is 0 Å². The van der Waals surface area contributed by atoms with Gasteiger partial charge in [0.15, 0.2) is 0 Å². The summed E-state index contributed by atoms with van der Waals surface area (Å²) in [6, 6.07) is 4.20. The first-order chi connectivity index (χ1) is 8.42. The summed E-state index contributed by atoms with van der Waals surface area (Å²) in [4.78, 5) is 0.127. The number of nitrogens with one attached hydrogen (secondary N) is 1. The molecular weight excluding hydrogens is 276 g/mol. The zero-order valence-electron chi connectivity index (χ0n) is 9.89. The molecular formula is C11H15ClN2O3S. The number of nitrogens with two attached hydrogens (primary N) is 1. The first-order valence-electron chi connectivity index (χ1n) is 5.52. The summed E-state index contributed by atoms with van der Waals surface area (Å²) in [5, 5.41) is 0.237. The van der Waals surface area contributed by atoms with E-state index < -0.39 is 10.0 Å². The quantitative estimate of drug-likeness (QED) is 0.821. The van der Waals surface area contributed by atoms with Crippen molar-refractivity contribution < 1.29 is 13.2 Å². The van der Waals surface area contributed by atoms with Gasteiger partial charge >= 0.3 is 0 Å². The Hall–Kier alpha value is -0.820. The first kappa shape index (κ1) is 13.6. The number of methoxy groups -OCH3 is 1. The standard InChI is InChI=1S/C11H15ClN2O3S/c1-17-8-4-7(5-8)14-18(15,16)9-2-3-11(13)10(12)6-9/h2-3,6-8,14H,4-5,13H2,1H3. The van der Waals surface area contributed by atoms with E-state index in [9.17, 15) is 8.42 Å². The lowest BCUT2D eigenvalue weighted by atomic mass is 9.90. The van der Waals surface area contributed by atoms with E-state index in [1.54, 1.807) is 7.11 Å². The highest BCUT2D eigenvalue weighted by Gasteiger charge is 2.32. The molecule has 0 aromatic heterocycles. The number of rotatable bonds is 4. The smallest absolute Gasteiger partial charge is 0.240 e. The Bertz CT molecular complexity index is 541. The highest BCUT2D eigenvalue weighted by molar-refractivity contribution is 7.89. The second-order valence-corrected chi connectivity index (χ2v) is 6.45. The summed E-state index contributed by atoms with van der Waals surface area (Å²) in [6.45, 7) is 0. The molecule has 0 atom stereocenters. The van der Waals surface area contributed by atoms with E-state index in [4.69, 9.17) is 22.1 Å². The van der Waals surface area contributed by atoms with Crippen LogP contribution in [0.2, 0.25) is 5.02 Å². The molecule has 0 heterocycles. The molecule has 1 aromatic carbocycles. The van der Waals surface area contributed by atoms with Crippen LogP contribution in [-0.4, -0.2) is 27.7 Å². The molecule has 0 amide bonds. The molecule has 1 fully saturated rings. The third-order valence-electron chi connectivity index (χ3n) is 3.03. The van der Waals surface area contributed by atoms with E-state index >= 15 is 0 Å². The van der Waals surface area contributed by atoms with E-state index in [0.29, 0.717) is 18.5 Å². The average Bonchev–Trinajstić information content (AvgIpc) is 2.26. The van der Waals surface area contributed by atoms with E-state index in [1.165, 1.54) is 18.2 Å². The van der Waals surface area contributed by atoms with Crippen molar-refractivity contribution in [2.24, 2.45) is 0 Å². The molecule has 0 spiro atoms. The molecule has 5 nitrogen and oxygen atoms in total. The summed E-state index contributed by atoms with van der Waals surface area (Å²) < 4.78 is 31.8. The van der Waals surface area contributed by atoms with Gasteiger partial charge in [0.25, 0.3) is 0 Å². The summed E-state index contributed by atoms with van der Waals surface area (Å²) >= 11 is 5.81. The lowest BCUT2D eigenvalue weighted by Gasteiger charge is -2.34. The number of ether oxygens (including phenoxy) is 1. The van der Waals surface area contributed by atoms with E-state index in [1.807, 2.05) is 0 Å².